The molecule has 0 spiro atoms. The highest BCUT2D eigenvalue weighted by Crippen LogP contribution is 2.29. The number of amides is 1. The molecule has 32 heavy (non-hydrogen) atoms. The average molecular weight is 460 g/mol. The normalized spacial score (nSPS) is 15.5. The molecule has 0 aromatic carbocycles. The van der Waals surface area contributed by atoms with Gasteiger partial charge in [-0.1, -0.05) is 44.2 Å². The molecule has 1 N–H and O–H groups in total. The molecule has 0 bridgehead atoms. The summed E-state index contributed by atoms with van der Waals surface area (Å²) in [7, 11) is 3.03. The predicted octanol–water partition coefficient (Wildman–Crippen LogP) is 2.81. The summed E-state index contributed by atoms with van der Waals surface area (Å²) in [4.78, 5) is 47.3. The van der Waals surface area contributed by atoms with Gasteiger partial charge in [-0.3, -0.25) is 18.7 Å². The van der Waals surface area contributed by atoms with Gasteiger partial charge in [0.15, 0.2) is 5.65 Å². The molecule has 1 unspecified atom stereocenters. The Labute approximate surface area is 192 Å². The number of fused-ring (bicyclic) bond motifs is 1. The molecule has 2 heterocycles. The first-order valence-corrected chi connectivity index (χ1v) is 12.0. The Balaban J connectivity index is 1.89. The Morgan fingerprint density at radius 2 is 1.91 bits per heavy atom. The SMILES string of the molecule is CC(Sc1nc(C(C)(C)C)nc2c1c(=O)n(C)c(=O)n2C)C(=O)NCCC1=CCCCC1. The molecule has 2 aromatic rings. The van der Waals surface area contributed by atoms with E-state index >= 15 is 0 Å². The molecule has 3 rings (SSSR count). The van der Waals surface area contributed by atoms with Crippen molar-refractivity contribution < 1.29 is 4.79 Å². The molecule has 8 nitrogen and oxygen atoms in total. The van der Waals surface area contributed by atoms with Crippen molar-refractivity contribution in [2.24, 2.45) is 14.1 Å². The maximum absolute atomic E-state index is 12.9. The number of thioether (sulfide) groups is 1. The number of hydrogen-bond acceptors (Lipinski definition) is 6. The number of carbonyl (C=O) groups is 1. The molecule has 0 fully saturated rings. The topological polar surface area (TPSA) is 98.9 Å². The highest BCUT2D eigenvalue weighted by molar-refractivity contribution is 8.00. The largest absolute Gasteiger partial charge is 0.355 e. The lowest BCUT2D eigenvalue weighted by Gasteiger charge is -2.20. The van der Waals surface area contributed by atoms with Crippen LogP contribution in [-0.2, 0) is 24.3 Å². The zero-order valence-corrected chi connectivity index (χ0v) is 20.6. The molecule has 1 atom stereocenters. The van der Waals surface area contributed by atoms with Crippen molar-refractivity contribution >= 4 is 28.7 Å². The van der Waals surface area contributed by atoms with Crippen molar-refractivity contribution in [3.05, 3.63) is 38.3 Å². The molecule has 0 saturated heterocycles. The van der Waals surface area contributed by atoms with Crippen molar-refractivity contribution in [3.8, 4) is 0 Å². The first-order chi connectivity index (χ1) is 15.0. The summed E-state index contributed by atoms with van der Waals surface area (Å²) >= 11 is 1.23. The van der Waals surface area contributed by atoms with Crippen LogP contribution >= 0.6 is 11.8 Å². The smallest absolute Gasteiger partial charge is 0.332 e. The van der Waals surface area contributed by atoms with Crippen molar-refractivity contribution in [1.29, 1.82) is 0 Å². The van der Waals surface area contributed by atoms with Gasteiger partial charge in [-0.15, -0.1) is 0 Å². The minimum Gasteiger partial charge on any atom is -0.355 e. The Morgan fingerprint density at radius 3 is 2.53 bits per heavy atom. The predicted molar refractivity (Wildman–Crippen MR) is 128 cm³/mol. The summed E-state index contributed by atoms with van der Waals surface area (Å²) in [6, 6.07) is 0. The first-order valence-electron chi connectivity index (χ1n) is 11.1. The van der Waals surface area contributed by atoms with E-state index in [4.69, 9.17) is 0 Å². The van der Waals surface area contributed by atoms with Crippen LogP contribution in [-0.4, -0.2) is 36.8 Å². The van der Waals surface area contributed by atoms with Crippen LogP contribution in [0.2, 0.25) is 0 Å². The summed E-state index contributed by atoms with van der Waals surface area (Å²) in [6.07, 6.45) is 7.87. The molecule has 1 aliphatic rings. The van der Waals surface area contributed by atoms with E-state index in [1.54, 1.807) is 14.0 Å². The number of carbonyl (C=O) groups excluding carboxylic acids is 1. The number of aromatic nitrogens is 4. The van der Waals surface area contributed by atoms with Gasteiger partial charge in [0.25, 0.3) is 5.56 Å². The number of aryl methyl sites for hydroxylation is 1. The van der Waals surface area contributed by atoms with Gasteiger partial charge in [-0.2, -0.15) is 0 Å². The van der Waals surface area contributed by atoms with Gasteiger partial charge in [0.1, 0.15) is 16.2 Å². The van der Waals surface area contributed by atoms with Crippen LogP contribution in [0, 0.1) is 0 Å². The number of hydrogen-bond donors (Lipinski definition) is 1. The number of nitrogens with one attached hydrogen (secondary N) is 1. The fourth-order valence-corrected chi connectivity index (χ4v) is 4.65. The first kappa shape index (κ1) is 24.2. The minimum atomic E-state index is -0.456. The van der Waals surface area contributed by atoms with Crippen LogP contribution in [0.15, 0.2) is 26.3 Å². The summed E-state index contributed by atoms with van der Waals surface area (Å²) in [6.45, 7) is 8.31. The van der Waals surface area contributed by atoms with E-state index in [2.05, 4.69) is 21.4 Å². The lowest BCUT2D eigenvalue weighted by atomic mass is 9.96. The van der Waals surface area contributed by atoms with Crippen molar-refractivity contribution in [2.45, 2.75) is 75.5 Å². The highest BCUT2D eigenvalue weighted by atomic mass is 32.2. The number of allylic oxidation sites excluding steroid dienone is 1. The van der Waals surface area contributed by atoms with Gasteiger partial charge >= 0.3 is 5.69 Å². The van der Waals surface area contributed by atoms with Gasteiger partial charge in [-0.05, 0) is 39.0 Å². The monoisotopic (exact) mass is 459 g/mol. The summed E-state index contributed by atoms with van der Waals surface area (Å²) in [5.41, 5.74) is 0.415. The van der Waals surface area contributed by atoms with Gasteiger partial charge < -0.3 is 5.32 Å². The van der Waals surface area contributed by atoms with Gasteiger partial charge in [0.2, 0.25) is 5.91 Å². The fourth-order valence-electron chi connectivity index (χ4n) is 3.69. The zero-order valence-electron chi connectivity index (χ0n) is 19.8. The van der Waals surface area contributed by atoms with Crippen molar-refractivity contribution in [2.75, 3.05) is 6.54 Å². The maximum atomic E-state index is 12.9. The van der Waals surface area contributed by atoms with E-state index < -0.39 is 16.5 Å². The third-order valence-electron chi connectivity index (χ3n) is 5.73. The summed E-state index contributed by atoms with van der Waals surface area (Å²) in [5, 5.41) is 3.24. The maximum Gasteiger partial charge on any atom is 0.332 e. The molecule has 0 saturated carbocycles. The Hall–Kier alpha value is -2.42. The van der Waals surface area contributed by atoms with E-state index in [-0.39, 0.29) is 22.4 Å². The fraction of sp³-hybridized carbons (Fsp3) is 0.609. The number of rotatable bonds is 6. The third-order valence-corrected chi connectivity index (χ3v) is 6.81. The second kappa shape index (κ2) is 9.60. The minimum absolute atomic E-state index is 0.0999. The lowest BCUT2D eigenvalue weighted by molar-refractivity contribution is -0.120. The van der Waals surface area contributed by atoms with Crippen LogP contribution in [0.5, 0.6) is 0 Å². The Bertz CT molecular complexity index is 1170. The van der Waals surface area contributed by atoms with Crippen molar-refractivity contribution in [1.82, 2.24) is 24.4 Å². The average Bonchev–Trinajstić information content (AvgIpc) is 2.75. The van der Waals surface area contributed by atoms with Crippen LogP contribution < -0.4 is 16.6 Å². The molecule has 1 aliphatic carbocycles. The van der Waals surface area contributed by atoms with E-state index in [0.29, 0.717) is 17.4 Å². The van der Waals surface area contributed by atoms with E-state index in [1.165, 1.54) is 41.8 Å². The van der Waals surface area contributed by atoms with Gasteiger partial charge in [0.05, 0.1) is 5.25 Å². The van der Waals surface area contributed by atoms with Crippen LogP contribution in [0.25, 0.3) is 11.0 Å². The molecule has 9 heteroatoms. The molecule has 1 amide bonds. The van der Waals surface area contributed by atoms with E-state index in [0.717, 1.165) is 23.8 Å². The molecule has 2 aromatic heterocycles. The summed E-state index contributed by atoms with van der Waals surface area (Å²) < 4.78 is 2.41. The Morgan fingerprint density at radius 1 is 1.19 bits per heavy atom. The van der Waals surface area contributed by atoms with E-state index in [1.807, 2.05) is 20.8 Å². The molecular weight excluding hydrogens is 426 g/mol. The van der Waals surface area contributed by atoms with Gasteiger partial charge in [0, 0.05) is 26.1 Å². The lowest BCUT2D eigenvalue weighted by Crippen LogP contribution is -2.38. The molecule has 174 valence electrons. The molecule has 0 aliphatic heterocycles. The van der Waals surface area contributed by atoms with Crippen molar-refractivity contribution in [3.63, 3.8) is 0 Å². The van der Waals surface area contributed by atoms with E-state index in [9.17, 15) is 14.4 Å². The molecule has 0 radical (unpaired) electrons. The second-order valence-corrected chi connectivity index (χ2v) is 10.7. The second-order valence-electron chi connectivity index (χ2n) is 9.42. The van der Waals surface area contributed by atoms with Gasteiger partial charge in [-0.25, -0.2) is 14.8 Å². The third kappa shape index (κ3) is 5.14. The van der Waals surface area contributed by atoms with Crippen LogP contribution in [0.4, 0.5) is 0 Å². The quantitative estimate of drug-likeness (QED) is 0.405. The summed E-state index contributed by atoms with van der Waals surface area (Å²) in [5.74, 6) is 0.421. The van der Waals surface area contributed by atoms with Crippen LogP contribution in [0.1, 0.15) is 65.6 Å². The van der Waals surface area contributed by atoms with Crippen LogP contribution in [0.3, 0.4) is 0 Å². The highest BCUT2D eigenvalue weighted by Gasteiger charge is 2.26. The molecular formula is C23H33N5O3S. The number of nitrogens with zero attached hydrogens (tertiary/aromatic N) is 4. The Kier molecular flexibility index (Phi) is 7.27. The standard InChI is InChI=1S/C23H33N5O3S/c1-14(18(29)24-13-12-15-10-8-7-9-11-15)32-19-16-17(25-21(26-19)23(2,3)4)27(5)22(31)28(6)20(16)30/h10,14H,7-9,11-13H2,1-6H3,(H,24,29). The zero-order chi connectivity index (χ0) is 23.6.